The quantitative estimate of drug-likeness (QED) is 0.517. The second-order valence-corrected chi connectivity index (χ2v) is 10.6. The molecule has 0 spiro atoms. The first-order valence-electron chi connectivity index (χ1n) is 12.7. The Morgan fingerprint density at radius 1 is 1.14 bits per heavy atom. The van der Waals surface area contributed by atoms with E-state index in [0.717, 1.165) is 43.6 Å². The first-order chi connectivity index (χ1) is 17.8. The van der Waals surface area contributed by atoms with E-state index in [2.05, 4.69) is 17.3 Å². The molecule has 9 heteroatoms. The number of fused-ring (bicyclic) bond motifs is 2. The predicted molar refractivity (Wildman–Crippen MR) is 135 cm³/mol. The van der Waals surface area contributed by atoms with Gasteiger partial charge >= 0.3 is 0 Å². The van der Waals surface area contributed by atoms with Crippen molar-refractivity contribution in [2.24, 2.45) is 5.92 Å². The zero-order valence-corrected chi connectivity index (χ0v) is 21.1. The summed E-state index contributed by atoms with van der Waals surface area (Å²) in [6.07, 6.45) is 3.11. The van der Waals surface area contributed by atoms with E-state index in [9.17, 15) is 14.4 Å². The maximum atomic E-state index is 13.2. The molecule has 6 rings (SSSR count). The van der Waals surface area contributed by atoms with Gasteiger partial charge in [0.15, 0.2) is 5.58 Å². The molecule has 1 atom stereocenters. The fourth-order valence-corrected chi connectivity index (χ4v) is 5.85. The number of hydrogen-bond donors (Lipinski definition) is 1. The van der Waals surface area contributed by atoms with Crippen LogP contribution in [0, 0.1) is 5.92 Å². The number of amides is 3. The minimum absolute atomic E-state index is 0.0304. The van der Waals surface area contributed by atoms with E-state index >= 15 is 0 Å². The molecule has 192 valence electrons. The number of ether oxygens (including phenoxy) is 1. The average molecular weight is 503 g/mol. The molecule has 2 aromatic heterocycles. The zero-order chi connectivity index (χ0) is 25.7. The van der Waals surface area contributed by atoms with Crippen LogP contribution in [0.5, 0.6) is 5.75 Å². The molecule has 3 aliphatic heterocycles. The van der Waals surface area contributed by atoms with E-state index in [0.29, 0.717) is 40.6 Å². The van der Waals surface area contributed by atoms with Crippen LogP contribution in [0.25, 0.3) is 11.1 Å². The summed E-state index contributed by atoms with van der Waals surface area (Å²) in [5.41, 5.74) is 2.31. The number of carbonyl (C=O) groups is 3. The lowest BCUT2D eigenvalue weighted by molar-refractivity contribution is -0.127. The molecule has 0 unspecified atom stereocenters. The van der Waals surface area contributed by atoms with Gasteiger partial charge in [-0.1, -0.05) is 6.07 Å². The predicted octanol–water partition coefficient (Wildman–Crippen LogP) is 2.66. The maximum absolute atomic E-state index is 13.2. The van der Waals surface area contributed by atoms with Crippen LogP contribution in [0.1, 0.15) is 46.6 Å². The number of imide groups is 1. The third-order valence-electron chi connectivity index (χ3n) is 8.05. The number of rotatable bonds is 6. The van der Waals surface area contributed by atoms with Crippen molar-refractivity contribution in [1.29, 1.82) is 0 Å². The Hall–Kier alpha value is -3.72. The Bertz CT molecular complexity index is 1410. The van der Waals surface area contributed by atoms with Gasteiger partial charge in [-0.05, 0) is 75.1 Å². The fraction of sp³-hybridized carbons (Fsp3) is 0.429. The molecule has 0 bridgehead atoms. The van der Waals surface area contributed by atoms with E-state index in [-0.39, 0.29) is 24.8 Å². The largest absolute Gasteiger partial charge is 0.497 e. The van der Waals surface area contributed by atoms with Gasteiger partial charge in [0.25, 0.3) is 5.91 Å². The number of nitrogens with one attached hydrogen (secondary N) is 1. The van der Waals surface area contributed by atoms with Crippen LogP contribution >= 0.6 is 0 Å². The summed E-state index contributed by atoms with van der Waals surface area (Å²) < 4.78 is 11.4. The number of furan rings is 1. The summed E-state index contributed by atoms with van der Waals surface area (Å²) in [4.78, 5) is 47.7. The van der Waals surface area contributed by atoms with Gasteiger partial charge in [0.2, 0.25) is 11.8 Å². The average Bonchev–Trinajstić information content (AvgIpc) is 3.54. The highest BCUT2D eigenvalue weighted by Crippen LogP contribution is 2.39. The smallest absolute Gasteiger partial charge is 0.254 e. The Morgan fingerprint density at radius 2 is 1.95 bits per heavy atom. The molecule has 0 radical (unpaired) electrons. The topological polar surface area (TPSA) is 105 Å². The van der Waals surface area contributed by atoms with Crippen LogP contribution in [0.3, 0.4) is 0 Å². The monoisotopic (exact) mass is 502 g/mol. The van der Waals surface area contributed by atoms with Crippen LogP contribution in [0.15, 0.2) is 40.8 Å². The number of hydrogen-bond acceptors (Lipinski definition) is 7. The summed E-state index contributed by atoms with van der Waals surface area (Å²) in [7, 11) is 3.70. The molecule has 37 heavy (non-hydrogen) atoms. The number of benzene rings is 1. The van der Waals surface area contributed by atoms with Crippen LogP contribution < -0.4 is 10.1 Å². The number of carbonyl (C=O) groups excluding carboxylic acids is 3. The standard InChI is InChI=1S/C28H30N4O5/c1-31-9-7-17(8-10-31)11-19-4-6-23-22(29-19)13-24(37-23)28(14-25(33)30-27(28)35)16-32-15-18-3-5-20(36-2)12-21(18)26(32)34/h3-6,12-13,17H,7-11,14-16H2,1-2H3,(H,30,33,35)/t28-/m1/s1. The second-order valence-electron chi connectivity index (χ2n) is 10.6. The lowest BCUT2D eigenvalue weighted by atomic mass is 9.82. The molecule has 1 N–H and O–H groups in total. The molecule has 2 fully saturated rings. The van der Waals surface area contributed by atoms with Gasteiger partial charge in [0.05, 0.1) is 13.5 Å². The van der Waals surface area contributed by atoms with E-state index in [1.165, 1.54) is 0 Å². The highest BCUT2D eigenvalue weighted by Gasteiger charge is 2.53. The number of nitrogens with zero attached hydrogens (tertiary/aromatic N) is 3. The number of pyridine rings is 1. The number of aromatic nitrogens is 1. The number of methoxy groups -OCH3 is 1. The van der Waals surface area contributed by atoms with Crippen molar-refractivity contribution < 1.29 is 23.5 Å². The van der Waals surface area contributed by atoms with Gasteiger partial charge in [-0.25, -0.2) is 4.98 Å². The molecule has 9 nitrogen and oxygen atoms in total. The first kappa shape index (κ1) is 23.7. The first-order valence-corrected chi connectivity index (χ1v) is 12.7. The van der Waals surface area contributed by atoms with Crippen molar-refractivity contribution in [1.82, 2.24) is 20.1 Å². The van der Waals surface area contributed by atoms with E-state index in [4.69, 9.17) is 14.1 Å². The zero-order valence-electron chi connectivity index (χ0n) is 21.1. The van der Waals surface area contributed by atoms with Crippen LogP contribution in [0.4, 0.5) is 0 Å². The van der Waals surface area contributed by atoms with E-state index in [1.807, 2.05) is 24.3 Å². The maximum Gasteiger partial charge on any atom is 0.254 e. The van der Waals surface area contributed by atoms with Crippen LogP contribution in [0.2, 0.25) is 0 Å². The van der Waals surface area contributed by atoms with Gasteiger partial charge in [0, 0.05) is 30.4 Å². The summed E-state index contributed by atoms with van der Waals surface area (Å²) in [5.74, 6) is 0.512. The summed E-state index contributed by atoms with van der Waals surface area (Å²) >= 11 is 0. The lowest BCUT2D eigenvalue weighted by Crippen LogP contribution is -2.46. The van der Waals surface area contributed by atoms with Gasteiger partial charge in [-0.2, -0.15) is 0 Å². The highest BCUT2D eigenvalue weighted by atomic mass is 16.5. The van der Waals surface area contributed by atoms with Crippen molar-refractivity contribution in [2.75, 3.05) is 33.8 Å². The van der Waals surface area contributed by atoms with Crippen LogP contribution in [-0.2, 0) is 28.0 Å². The van der Waals surface area contributed by atoms with Gasteiger partial charge in [-0.3, -0.25) is 19.7 Å². The fourth-order valence-electron chi connectivity index (χ4n) is 5.85. The van der Waals surface area contributed by atoms with Crippen molar-refractivity contribution in [2.45, 2.75) is 37.6 Å². The molecule has 0 aliphatic carbocycles. The number of likely N-dealkylation sites (tertiary alicyclic amines) is 1. The lowest BCUT2D eigenvalue weighted by Gasteiger charge is -2.28. The minimum atomic E-state index is -1.31. The van der Waals surface area contributed by atoms with Crippen LogP contribution in [-0.4, -0.2) is 66.3 Å². The molecule has 3 amide bonds. The molecule has 3 aliphatic rings. The third-order valence-corrected chi connectivity index (χ3v) is 8.05. The Kier molecular flexibility index (Phi) is 5.75. The summed E-state index contributed by atoms with van der Waals surface area (Å²) in [5, 5.41) is 2.43. The molecule has 2 saturated heterocycles. The SMILES string of the molecule is COc1ccc2c(c1)C(=O)N(C[C@@]1(c3cc4nc(CC5CCN(C)CC5)ccc4o3)CC(=O)NC1=O)C2. The summed E-state index contributed by atoms with van der Waals surface area (Å²) in [6, 6.07) is 11.0. The van der Waals surface area contributed by atoms with Crippen molar-refractivity contribution in [3.8, 4) is 5.75 Å². The van der Waals surface area contributed by atoms with Crippen molar-refractivity contribution >= 4 is 28.8 Å². The second kappa shape index (κ2) is 8.99. The molecule has 5 heterocycles. The number of piperidine rings is 1. The minimum Gasteiger partial charge on any atom is -0.497 e. The van der Waals surface area contributed by atoms with Crippen molar-refractivity contribution in [3.05, 3.63) is 59.0 Å². The van der Waals surface area contributed by atoms with Gasteiger partial charge < -0.3 is 19.0 Å². The third kappa shape index (κ3) is 4.17. The summed E-state index contributed by atoms with van der Waals surface area (Å²) in [6.45, 7) is 2.57. The Balaban J connectivity index is 1.29. The van der Waals surface area contributed by atoms with E-state index < -0.39 is 11.3 Å². The van der Waals surface area contributed by atoms with Crippen molar-refractivity contribution in [3.63, 3.8) is 0 Å². The van der Waals surface area contributed by atoms with Gasteiger partial charge in [0.1, 0.15) is 22.4 Å². The highest BCUT2D eigenvalue weighted by molar-refractivity contribution is 6.10. The molecular formula is C28H30N4O5. The molecule has 0 saturated carbocycles. The Morgan fingerprint density at radius 3 is 2.68 bits per heavy atom. The normalized spacial score (nSPS) is 22.6. The molecule has 1 aromatic carbocycles. The van der Waals surface area contributed by atoms with Gasteiger partial charge in [-0.15, -0.1) is 0 Å². The Labute approximate surface area is 214 Å². The molecule has 3 aromatic rings. The molecular weight excluding hydrogens is 472 g/mol. The van der Waals surface area contributed by atoms with E-state index in [1.54, 1.807) is 24.1 Å².